The summed E-state index contributed by atoms with van der Waals surface area (Å²) in [5, 5.41) is 0.380. The SMILES string of the molecule is CC(C)SC(=O)SCc1ccccc1. The molecular weight excluding hydrogens is 212 g/mol. The maximum atomic E-state index is 11.4. The van der Waals surface area contributed by atoms with Gasteiger partial charge in [-0.1, -0.05) is 67.7 Å². The minimum atomic E-state index is 0.212. The largest absolute Gasteiger partial charge is 0.274 e. The molecule has 0 radical (unpaired) electrons. The highest BCUT2D eigenvalue weighted by Gasteiger charge is 2.06. The number of hydrogen-bond acceptors (Lipinski definition) is 3. The van der Waals surface area contributed by atoms with Crippen LogP contribution in [0.25, 0.3) is 0 Å². The molecule has 1 aromatic carbocycles. The van der Waals surface area contributed by atoms with Crippen LogP contribution in [-0.4, -0.2) is 9.70 Å². The van der Waals surface area contributed by atoms with Crippen LogP contribution < -0.4 is 0 Å². The summed E-state index contributed by atoms with van der Waals surface area (Å²) in [4.78, 5) is 11.4. The first-order chi connectivity index (χ1) is 6.68. The molecule has 0 bridgehead atoms. The van der Waals surface area contributed by atoms with Crippen molar-refractivity contribution in [3.05, 3.63) is 35.9 Å². The van der Waals surface area contributed by atoms with E-state index >= 15 is 0 Å². The van der Waals surface area contributed by atoms with Crippen LogP contribution in [0, 0.1) is 0 Å². The van der Waals surface area contributed by atoms with Crippen molar-refractivity contribution in [1.29, 1.82) is 0 Å². The van der Waals surface area contributed by atoms with Gasteiger partial charge < -0.3 is 0 Å². The third-order valence-corrected chi connectivity index (χ3v) is 3.55. The monoisotopic (exact) mass is 226 g/mol. The van der Waals surface area contributed by atoms with Crippen molar-refractivity contribution in [2.45, 2.75) is 24.9 Å². The maximum absolute atomic E-state index is 11.4. The van der Waals surface area contributed by atoms with E-state index in [9.17, 15) is 4.79 Å². The summed E-state index contributed by atoms with van der Waals surface area (Å²) in [6.45, 7) is 4.07. The van der Waals surface area contributed by atoms with Gasteiger partial charge in [0.2, 0.25) is 4.45 Å². The van der Waals surface area contributed by atoms with Gasteiger partial charge in [-0.25, -0.2) is 0 Å². The molecule has 0 saturated carbocycles. The first kappa shape index (κ1) is 11.7. The average Bonchev–Trinajstić information content (AvgIpc) is 2.15. The second-order valence-corrected chi connectivity index (χ2v) is 5.95. The molecule has 1 nitrogen and oxygen atoms in total. The van der Waals surface area contributed by atoms with Gasteiger partial charge in [-0.15, -0.1) is 0 Å². The predicted octanol–water partition coefficient (Wildman–Crippen LogP) is 4.18. The van der Waals surface area contributed by atoms with E-state index < -0.39 is 0 Å². The summed E-state index contributed by atoms with van der Waals surface area (Å²) in [6, 6.07) is 10.1. The molecule has 0 unspecified atom stereocenters. The van der Waals surface area contributed by atoms with Gasteiger partial charge in [0.1, 0.15) is 0 Å². The Hall–Kier alpha value is -0.410. The van der Waals surface area contributed by atoms with Crippen LogP contribution in [0.15, 0.2) is 30.3 Å². The molecule has 0 aliphatic carbocycles. The Bertz CT molecular complexity index is 283. The Balaban J connectivity index is 2.31. The Labute approximate surface area is 93.7 Å². The van der Waals surface area contributed by atoms with Crippen molar-refractivity contribution in [3.8, 4) is 0 Å². The molecular formula is C11H14OS2. The lowest BCUT2D eigenvalue weighted by atomic mass is 10.2. The van der Waals surface area contributed by atoms with Gasteiger partial charge in [-0.05, 0) is 5.56 Å². The van der Waals surface area contributed by atoms with Gasteiger partial charge in [0.25, 0.3) is 0 Å². The molecule has 0 aliphatic heterocycles. The normalized spacial score (nSPS) is 10.5. The molecule has 14 heavy (non-hydrogen) atoms. The molecule has 76 valence electrons. The smallest absolute Gasteiger partial charge is 0.246 e. The Kier molecular flexibility index (Phi) is 5.12. The van der Waals surface area contributed by atoms with E-state index in [1.54, 1.807) is 0 Å². The fourth-order valence-electron chi connectivity index (χ4n) is 0.943. The van der Waals surface area contributed by atoms with Crippen molar-refractivity contribution in [3.63, 3.8) is 0 Å². The lowest BCUT2D eigenvalue weighted by molar-refractivity contribution is 0.276. The van der Waals surface area contributed by atoms with Crippen molar-refractivity contribution in [2.24, 2.45) is 0 Å². The van der Waals surface area contributed by atoms with Gasteiger partial charge in [-0.2, -0.15) is 0 Å². The van der Waals surface area contributed by atoms with Crippen molar-refractivity contribution in [1.82, 2.24) is 0 Å². The zero-order valence-electron chi connectivity index (χ0n) is 8.40. The van der Waals surface area contributed by atoms with Gasteiger partial charge >= 0.3 is 0 Å². The second-order valence-electron chi connectivity index (χ2n) is 3.19. The second kappa shape index (κ2) is 6.14. The van der Waals surface area contributed by atoms with Crippen LogP contribution in [0.3, 0.4) is 0 Å². The molecule has 0 aromatic heterocycles. The van der Waals surface area contributed by atoms with Crippen LogP contribution in [0.4, 0.5) is 4.79 Å². The molecule has 0 atom stereocenters. The molecule has 0 N–H and O–H groups in total. The number of benzene rings is 1. The molecule has 0 aliphatic rings. The molecule has 0 amide bonds. The van der Waals surface area contributed by atoms with E-state index in [0.717, 1.165) is 5.75 Å². The first-order valence-corrected chi connectivity index (χ1v) is 6.42. The number of rotatable bonds is 3. The zero-order valence-corrected chi connectivity index (χ0v) is 10.0. The topological polar surface area (TPSA) is 17.1 Å². The van der Waals surface area contributed by atoms with E-state index in [0.29, 0.717) is 5.25 Å². The molecule has 0 saturated heterocycles. The van der Waals surface area contributed by atoms with E-state index in [2.05, 4.69) is 0 Å². The predicted molar refractivity (Wildman–Crippen MR) is 65.9 cm³/mol. The fourth-order valence-corrected chi connectivity index (χ4v) is 2.83. The summed E-state index contributed by atoms with van der Waals surface area (Å²) in [7, 11) is 0. The Morgan fingerprint density at radius 1 is 1.29 bits per heavy atom. The summed E-state index contributed by atoms with van der Waals surface area (Å²) in [5.41, 5.74) is 1.20. The minimum Gasteiger partial charge on any atom is -0.274 e. The summed E-state index contributed by atoms with van der Waals surface area (Å²) in [5.74, 6) is 0.777. The summed E-state index contributed by atoms with van der Waals surface area (Å²) < 4.78 is 0.212. The van der Waals surface area contributed by atoms with Crippen molar-refractivity contribution in [2.75, 3.05) is 0 Å². The Morgan fingerprint density at radius 3 is 2.50 bits per heavy atom. The lowest BCUT2D eigenvalue weighted by Crippen LogP contribution is -1.92. The minimum absolute atomic E-state index is 0.212. The highest BCUT2D eigenvalue weighted by atomic mass is 32.2. The van der Waals surface area contributed by atoms with Crippen LogP contribution in [0.2, 0.25) is 0 Å². The standard InChI is InChI=1S/C11H14OS2/c1-9(2)14-11(12)13-8-10-6-4-3-5-7-10/h3-7,9H,8H2,1-2H3. The molecule has 0 heterocycles. The van der Waals surface area contributed by atoms with Gasteiger partial charge in [0, 0.05) is 11.0 Å². The number of thioether (sulfide) groups is 2. The van der Waals surface area contributed by atoms with Crippen molar-refractivity contribution >= 4 is 28.0 Å². The molecule has 0 fully saturated rings. The summed E-state index contributed by atoms with van der Waals surface area (Å²) >= 11 is 2.78. The lowest BCUT2D eigenvalue weighted by Gasteiger charge is -2.02. The Morgan fingerprint density at radius 2 is 1.93 bits per heavy atom. The third kappa shape index (κ3) is 4.72. The van der Waals surface area contributed by atoms with Crippen LogP contribution in [-0.2, 0) is 5.75 Å². The fraction of sp³-hybridized carbons (Fsp3) is 0.364. The third-order valence-electron chi connectivity index (χ3n) is 1.53. The first-order valence-electron chi connectivity index (χ1n) is 4.56. The zero-order chi connectivity index (χ0) is 10.4. The molecule has 1 aromatic rings. The highest BCUT2D eigenvalue weighted by molar-refractivity contribution is 8.38. The van der Waals surface area contributed by atoms with Crippen LogP contribution in [0.5, 0.6) is 0 Å². The number of carbonyl (C=O) groups excluding carboxylic acids is 1. The van der Waals surface area contributed by atoms with Crippen LogP contribution in [0.1, 0.15) is 19.4 Å². The number of hydrogen-bond donors (Lipinski definition) is 0. The maximum Gasteiger partial charge on any atom is 0.246 e. The quantitative estimate of drug-likeness (QED) is 0.769. The summed E-state index contributed by atoms with van der Waals surface area (Å²) in [6.07, 6.45) is 0. The molecule has 0 spiro atoms. The van der Waals surface area contributed by atoms with Gasteiger partial charge in [-0.3, -0.25) is 4.79 Å². The molecule has 3 heteroatoms. The highest BCUT2D eigenvalue weighted by Crippen LogP contribution is 2.23. The van der Waals surface area contributed by atoms with Crippen LogP contribution >= 0.6 is 23.5 Å². The van der Waals surface area contributed by atoms with Gasteiger partial charge in [0.05, 0.1) is 0 Å². The van der Waals surface area contributed by atoms with E-state index in [1.807, 2.05) is 44.2 Å². The molecule has 1 rings (SSSR count). The average molecular weight is 226 g/mol. The van der Waals surface area contributed by atoms with E-state index in [4.69, 9.17) is 0 Å². The number of carbonyl (C=O) groups is 1. The van der Waals surface area contributed by atoms with E-state index in [1.165, 1.54) is 29.1 Å². The van der Waals surface area contributed by atoms with Crippen molar-refractivity contribution < 1.29 is 4.79 Å². The van der Waals surface area contributed by atoms with Gasteiger partial charge in [0.15, 0.2) is 0 Å². The van der Waals surface area contributed by atoms with E-state index in [-0.39, 0.29) is 4.45 Å².